The first kappa shape index (κ1) is 9.93. The van der Waals surface area contributed by atoms with Crippen LogP contribution in [-0.4, -0.2) is 31.6 Å². The second-order valence-corrected chi connectivity index (χ2v) is 4.20. The predicted octanol–water partition coefficient (Wildman–Crippen LogP) is 0.945. The van der Waals surface area contributed by atoms with Gasteiger partial charge in [-0.1, -0.05) is 13.8 Å². The molecule has 0 N–H and O–H groups in total. The van der Waals surface area contributed by atoms with E-state index in [1.807, 2.05) is 6.92 Å². The Morgan fingerprint density at radius 3 is 2.79 bits per heavy atom. The third-order valence-electron chi connectivity index (χ3n) is 3.16. The molecule has 14 heavy (non-hydrogen) atoms. The van der Waals surface area contributed by atoms with Crippen LogP contribution in [0.15, 0.2) is 0 Å². The molecular weight excluding hydrogens is 184 g/mol. The number of fused-ring (bicyclic) bond motifs is 2. The molecule has 4 nitrogen and oxygen atoms in total. The summed E-state index contributed by atoms with van der Waals surface area (Å²) in [5, 5.41) is 0. The largest absolute Gasteiger partial charge is 0.434 e. The van der Waals surface area contributed by atoms with E-state index in [1.54, 1.807) is 0 Å². The van der Waals surface area contributed by atoms with Gasteiger partial charge < -0.3 is 14.2 Å². The second-order valence-electron chi connectivity index (χ2n) is 4.20. The van der Waals surface area contributed by atoms with E-state index in [2.05, 4.69) is 6.92 Å². The Morgan fingerprint density at radius 2 is 2.14 bits per heavy atom. The highest BCUT2D eigenvalue weighted by atomic mass is 16.7. The maximum atomic E-state index is 11.5. The van der Waals surface area contributed by atoms with Gasteiger partial charge in [-0.15, -0.1) is 0 Å². The first-order valence-electron chi connectivity index (χ1n) is 5.02. The minimum absolute atomic E-state index is 0.0648. The molecule has 0 aliphatic carbocycles. The summed E-state index contributed by atoms with van der Waals surface area (Å²) in [6.07, 6.45) is 0.0474. The second kappa shape index (κ2) is 3.51. The molecule has 0 aromatic carbocycles. The topological polar surface area (TPSA) is 44.8 Å². The molecule has 0 aromatic rings. The molecule has 2 saturated heterocycles. The van der Waals surface area contributed by atoms with Crippen molar-refractivity contribution in [2.45, 2.75) is 38.8 Å². The lowest BCUT2D eigenvalue weighted by atomic mass is 9.88. The number of carbonyl (C=O) groups excluding carboxylic acids is 1. The van der Waals surface area contributed by atoms with E-state index in [0.29, 0.717) is 5.92 Å². The molecule has 1 unspecified atom stereocenters. The normalized spacial score (nSPS) is 47.4. The average molecular weight is 200 g/mol. The molecule has 2 aliphatic heterocycles. The van der Waals surface area contributed by atoms with Crippen LogP contribution in [-0.2, 0) is 19.0 Å². The summed E-state index contributed by atoms with van der Waals surface area (Å²) in [6, 6.07) is 0. The third-order valence-corrected chi connectivity index (χ3v) is 3.16. The van der Waals surface area contributed by atoms with Crippen LogP contribution >= 0.6 is 0 Å². The highest BCUT2D eigenvalue weighted by Gasteiger charge is 2.46. The Hall–Kier alpha value is -0.610. The van der Waals surface area contributed by atoms with Crippen LogP contribution in [0.4, 0.5) is 0 Å². The summed E-state index contributed by atoms with van der Waals surface area (Å²) < 4.78 is 15.9. The number of methoxy groups -OCH3 is 1. The molecule has 2 rings (SSSR count). The van der Waals surface area contributed by atoms with Crippen molar-refractivity contribution in [1.82, 2.24) is 0 Å². The van der Waals surface area contributed by atoms with Gasteiger partial charge in [-0.2, -0.15) is 0 Å². The number of hydrogen-bond donors (Lipinski definition) is 0. The van der Waals surface area contributed by atoms with E-state index >= 15 is 0 Å². The van der Waals surface area contributed by atoms with Gasteiger partial charge in [-0.05, 0) is 5.92 Å². The molecule has 80 valence electrons. The monoisotopic (exact) mass is 200 g/mol. The Kier molecular flexibility index (Phi) is 2.49. The van der Waals surface area contributed by atoms with E-state index in [-0.39, 0.29) is 24.3 Å². The number of esters is 1. The summed E-state index contributed by atoms with van der Waals surface area (Å²) >= 11 is 0. The Morgan fingerprint density at radius 1 is 1.43 bits per heavy atom. The molecule has 0 radical (unpaired) electrons. The summed E-state index contributed by atoms with van der Waals surface area (Å²) in [6.45, 7) is 4.09. The van der Waals surface area contributed by atoms with Gasteiger partial charge >= 0.3 is 5.97 Å². The summed E-state index contributed by atoms with van der Waals surface area (Å²) in [7, 11) is 1.53. The zero-order valence-electron chi connectivity index (χ0n) is 8.73. The molecule has 2 bridgehead atoms. The zero-order valence-corrected chi connectivity index (χ0v) is 8.73. The van der Waals surface area contributed by atoms with Gasteiger partial charge in [0.15, 0.2) is 6.10 Å². The van der Waals surface area contributed by atoms with E-state index in [9.17, 15) is 4.79 Å². The van der Waals surface area contributed by atoms with E-state index < -0.39 is 6.10 Å². The van der Waals surface area contributed by atoms with Crippen LogP contribution in [0.25, 0.3) is 0 Å². The van der Waals surface area contributed by atoms with Gasteiger partial charge in [0.2, 0.25) is 6.29 Å². The molecular formula is C10H16O4. The number of rotatable bonds is 1. The van der Waals surface area contributed by atoms with E-state index in [4.69, 9.17) is 14.2 Å². The molecule has 0 amide bonds. The lowest BCUT2D eigenvalue weighted by Crippen LogP contribution is -2.38. The first-order valence-corrected chi connectivity index (χ1v) is 5.02. The molecule has 2 aliphatic rings. The molecule has 0 aromatic heterocycles. The summed E-state index contributed by atoms with van der Waals surface area (Å²) in [5.41, 5.74) is 0. The molecule has 4 heteroatoms. The van der Waals surface area contributed by atoms with Gasteiger partial charge in [0.25, 0.3) is 0 Å². The maximum Gasteiger partial charge on any atom is 0.337 e. The van der Waals surface area contributed by atoms with Gasteiger partial charge in [-0.25, -0.2) is 4.79 Å². The van der Waals surface area contributed by atoms with Gasteiger partial charge in [0, 0.05) is 19.4 Å². The molecule has 2 heterocycles. The fourth-order valence-electron chi connectivity index (χ4n) is 2.42. The third kappa shape index (κ3) is 1.42. The number of ether oxygens (including phenoxy) is 3. The Bertz CT molecular complexity index is 240. The lowest BCUT2D eigenvalue weighted by Gasteiger charge is -2.25. The number of hydrogen-bond acceptors (Lipinski definition) is 4. The Labute approximate surface area is 83.5 Å². The quantitative estimate of drug-likeness (QED) is 0.591. The summed E-state index contributed by atoms with van der Waals surface area (Å²) in [4.78, 5) is 11.5. The molecule has 2 fully saturated rings. The van der Waals surface area contributed by atoms with Crippen LogP contribution in [0.5, 0.6) is 0 Å². The van der Waals surface area contributed by atoms with E-state index in [1.165, 1.54) is 7.11 Å². The first-order chi connectivity index (χ1) is 6.63. The van der Waals surface area contributed by atoms with Crippen LogP contribution in [0.1, 0.15) is 20.3 Å². The van der Waals surface area contributed by atoms with Gasteiger partial charge in [0.1, 0.15) is 0 Å². The predicted molar refractivity (Wildman–Crippen MR) is 48.5 cm³/mol. The van der Waals surface area contributed by atoms with Crippen molar-refractivity contribution in [2.75, 3.05) is 7.11 Å². The lowest BCUT2D eigenvalue weighted by molar-refractivity contribution is -0.174. The summed E-state index contributed by atoms with van der Waals surface area (Å²) in [5.74, 6) is 0.204. The Balaban J connectivity index is 2.21. The van der Waals surface area contributed by atoms with Crippen molar-refractivity contribution < 1.29 is 19.0 Å². The molecule has 0 spiro atoms. The van der Waals surface area contributed by atoms with Crippen molar-refractivity contribution in [3.05, 3.63) is 0 Å². The highest BCUT2D eigenvalue weighted by molar-refractivity contribution is 5.75. The maximum absolute atomic E-state index is 11.5. The van der Waals surface area contributed by atoms with Crippen LogP contribution < -0.4 is 0 Å². The van der Waals surface area contributed by atoms with E-state index in [0.717, 1.165) is 6.42 Å². The minimum Gasteiger partial charge on any atom is -0.434 e. The molecule has 0 saturated carbocycles. The minimum atomic E-state index is -0.479. The van der Waals surface area contributed by atoms with Crippen LogP contribution in [0.2, 0.25) is 0 Å². The van der Waals surface area contributed by atoms with Crippen molar-refractivity contribution >= 4 is 5.97 Å². The van der Waals surface area contributed by atoms with Gasteiger partial charge in [0.05, 0.1) is 6.10 Å². The fraction of sp³-hybridized carbons (Fsp3) is 0.900. The van der Waals surface area contributed by atoms with Crippen LogP contribution in [0.3, 0.4) is 0 Å². The van der Waals surface area contributed by atoms with Crippen molar-refractivity contribution in [2.24, 2.45) is 11.8 Å². The van der Waals surface area contributed by atoms with Crippen LogP contribution in [0, 0.1) is 11.8 Å². The molecule has 5 atom stereocenters. The van der Waals surface area contributed by atoms with Crippen molar-refractivity contribution in [3.8, 4) is 0 Å². The average Bonchev–Trinajstić information content (AvgIpc) is 2.41. The standard InChI is InChI=1S/C10H16O4/c1-5-4-7-13-8(5)6(2)9(12-3)10(11)14-7/h5-9H,4H2,1-3H3/t5-,6-,7?,8-,9+/m1/s1. The van der Waals surface area contributed by atoms with Crippen molar-refractivity contribution in [1.29, 1.82) is 0 Å². The fourth-order valence-corrected chi connectivity index (χ4v) is 2.42. The SMILES string of the molecule is CO[C@@H]1C(=O)OC2C[C@@H](C)[C@@H](O2)[C@H]1C. The van der Waals surface area contributed by atoms with Crippen molar-refractivity contribution in [3.63, 3.8) is 0 Å². The smallest absolute Gasteiger partial charge is 0.337 e. The highest BCUT2D eigenvalue weighted by Crippen LogP contribution is 2.36. The van der Waals surface area contributed by atoms with Gasteiger partial charge in [-0.3, -0.25) is 0 Å². The zero-order chi connectivity index (χ0) is 10.3. The number of carbonyl (C=O) groups is 1.